The number of rotatable bonds is 6. The molecule has 2 aromatic carbocycles. The number of ether oxygens (including phenoxy) is 2. The van der Waals surface area contributed by atoms with Gasteiger partial charge in [0.15, 0.2) is 0 Å². The third kappa shape index (κ3) is 5.22. The Labute approximate surface area is 193 Å². The van der Waals surface area contributed by atoms with Gasteiger partial charge in [-0.15, -0.1) is 11.3 Å². The van der Waals surface area contributed by atoms with Crippen LogP contribution in [-0.4, -0.2) is 55.2 Å². The second-order valence-corrected chi connectivity index (χ2v) is 8.92. The second kappa shape index (κ2) is 10.0. The van der Waals surface area contributed by atoms with Gasteiger partial charge in [0, 0.05) is 42.8 Å². The number of aromatic nitrogens is 1. The summed E-state index contributed by atoms with van der Waals surface area (Å²) in [5.74, 6) is 1.69. The highest BCUT2D eigenvalue weighted by Crippen LogP contribution is 2.27. The third-order valence-corrected chi connectivity index (χ3v) is 6.31. The van der Waals surface area contributed by atoms with Crippen molar-refractivity contribution in [2.75, 3.05) is 38.2 Å². The van der Waals surface area contributed by atoms with Gasteiger partial charge in [-0.2, -0.15) is 0 Å². The van der Waals surface area contributed by atoms with Gasteiger partial charge in [-0.3, -0.25) is 4.79 Å². The second-order valence-electron chi connectivity index (χ2n) is 8.06. The number of carbonyl (C=O) groups excluding carboxylic acids is 1. The summed E-state index contributed by atoms with van der Waals surface area (Å²) in [4.78, 5) is 22.0. The van der Waals surface area contributed by atoms with Gasteiger partial charge < -0.3 is 19.3 Å². The van der Waals surface area contributed by atoms with E-state index in [0.29, 0.717) is 12.2 Å². The van der Waals surface area contributed by atoms with Crippen LogP contribution in [0.5, 0.6) is 11.5 Å². The largest absolute Gasteiger partial charge is 0.497 e. The molecule has 1 saturated heterocycles. The first-order valence-electron chi connectivity index (χ1n) is 10.9. The Morgan fingerprint density at radius 3 is 2.38 bits per heavy atom. The molecular weight excluding hydrogens is 422 g/mol. The Bertz CT molecular complexity index is 1030. The summed E-state index contributed by atoms with van der Waals surface area (Å²) in [6.07, 6.45) is 1.06. The number of hydrogen-bond acceptors (Lipinski definition) is 6. The maximum Gasteiger partial charge on any atom is 0.273 e. The van der Waals surface area contributed by atoms with E-state index in [1.54, 1.807) is 7.11 Å². The summed E-state index contributed by atoms with van der Waals surface area (Å²) >= 11 is 1.50. The minimum Gasteiger partial charge on any atom is -0.497 e. The molecule has 2 heterocycles. The number of thiazole rings is 1. The number of methoxy groups -OCH3 is 1. The Balaban J connectivity index is 1.39. The summed E-state index contributed by atoms with van der Waals surface area (Å²) in [7, 11) is 1.67. The Morgan fingerprint density at radius 1 is 0.969 bits per heavy atom. The molecule has 3 aromatic rings. The molecule has 0 saturated carbocycles. The van der Waals surface area contributed by atoms with Crippen LogP contribution in [0.3, 0.4) is 0 Å². The van der Waals surface area contributed by atoms with Gasteiger partial charge in [0.1, 0.15) is 22.2 Å². The lowest BCUT2D eigenvalue weighted by atomic mass is 10.2. The van der Waals surface area contributed by atoms with E-state index in [2.05, 4.69) is 22.0 Å². The van der Waals surface area contributed by atoms with Crippen LogP contribution in [0.25, 0.3) is 10.6 Å². The molecule has 4 rings (SSSR count). The van der Waals surface area contributed by atoms with E-state index in [1.807, 2.05) is 60.5 Å². The molecule has 1 aromatic heterocycles. The smallest absolute Gasteiger partial charge is 0.273 e. The Morgan fingerprint density at radius 2 is 1.69 bits per heavy atom. The van der Waals surface area contributed by atoms with Gasteiger partial charge in [0.05, 0.1) is 13.2 Å². The average molecular weight is 452 g/mol. The van der Waals surface area contributed by atoms with Crippen LogP contribution in [-0.2, 0) is 0 Å². The summed E-state index contributed by atoms with van der Waals surface area (Å²) in [5, 5.41) is 2.71. The molecule has 7 heteroatoms. The molecule has 0 aliphatic carbocycles. The van der Waals surface area contributed by atoms with E-state index < -0.39 is 0 Å². The molecule has 0 atom stereocenters. The maximum atomic E-state index is 13.1. The zero-order valence-electron chi connectivity index (χ0n) is 18.8. The van der Waals surface area contributed by atoms with Crippen molar-refractivity contribution in [3.63, 3.8) is 0 Å². The minimum absolute atomic E-state index is 0.00356. The molecule has 168 valence electrons. The van der Waals surface area contributed by atoms with Crippen LogP contribution < -0.4 is 14.4 Å². The van der Waals surface area contributed by atoms with Crippen molar-refractivity contribution in [3.8, 4) is 22.1 Å². The Hall–Kier alpha value is -3.06. The van der Waals surface area contributed by atoms with Crippen LogP contribution in [0.4, 0.5) is 5.69 Å². The van der Waals surface area contributed by atoms with Crippen molar-refractivity contribution in [2.45, 2.75) is 26.4 Å². The SMILES string of the molecule is COc1ccc(N2CCCN(C(=O)c3csc(-c4ccc(OC(C)C)cc4)n3)CC2)cc1. The molecular formula is C25H29N3O3S. The van der Waals surface area contributed by atoms with Gasteiger partial charge in [0.25, 0.3) is 5.91 Å². The zero-order valence-corrected chi connectivity index (χ0v) is 19.6. The number of anilines is 1. The third-order valence-electron chi connectivity index (χ3n) is 5.42. The molecule has 0 radical (unpaired) electrons. The van der Waals surface area contributed by atoms with E-state index >= 15 is 0 Å². The van der Waals surface area contributed by atoms with Crippen LogP contribution in [0.15, 0.2) is 53.9 Å². The fourth-order valence-corrected chi connectivity index (χ4v) is 4.59. The van der Waals surface area contributed by atoms with Crippen molar-refractivity contribution in [3.05, 3.63) is 59.6 Å². The summed E-state index contributed by atoms with van der Waals surface area (Å²) in [6, 6.07) is 16.0. The number of hydrogen-bond donors (Lipinski definition) is 0. The molecule has 1 amide bonds. The molecule has 0 N–H and O–H groups in total. The highest BCUT2D eigenvalue weighted by atomic mass is 32.1. The molecule has 32 heavy (non-hydrogen) atoms. The zero-order chi connectivity index (χ0) is 22.5. The summed E-state index contributed by atoms with van der Waals surface area (Å²) in [6.45, 7) is 7.14. The van der Waals surface area contributed by atoms with Gasteiger partial charge in [-0.05, 0) is 68.8 Å². The van der Waals surface area contributed by atoms with Gasteiger partial charge in [-0.1, -0.05) is 0 Å². The Kier molecular flexibility index (Phi) is 6.95. The van der Waals surface area contributed by atoms with Crippen LogP contribution in [0.1, 0.15) is 30.8 Å². The highest BCUT2D eigenvalue weighted by Gasteiger charge is 2.22. The van der Waals surface area contributed by atoms with Crippen molar-refractivity contribution < 1.29 is 14.3 Å². The fraction of sp³-hybridized carbons (Fsp3) is 0.360. The van der Waals surface area contributed by atoms with E-state index in [0.717, 1.165) is 53.8 Å². The number of carbonyl (C=O) groups is 1. The highest BCUT2D eigenvalue weighted by molar-refractivity contribution is 7.13. The normalized spacial score (nSPS) is 14.4. The summed E-state index contributed by atoms with van der Waals surface area (Å²) in [5.41, 5.74) is 2.66. The van der Waals surface area contributed by atoms with E-state index in [1.165, 1.54) is 11.3 Å². The molecule has 1 aliphatic rings. The van der Waals surface area contributed by atoms with Crippen LogP contribution >= 0.6 is 11.3 Å². The standard InChI is InChI=1S/C25H29N3O3S/c1-18(2)31-22-9-5-19(6-10-22)24-26-23(17-32-24)25(29)28-14-4-13-27(15-16-28)20-7-11-21(30-3)12-8-20/h5-12,17-18H,4,13-16H2,1-3H3. The lowest BCUT2D eigenvalue weighted by Crippen LogP contribution is -2.35. The lowest BCUT2D eigenvalue weighted by molar-refractivity contribution is 0.0762. The van der Waals surface area contributed by atoms with Crippen LogP contribution in [0, 0.1) is 0 Å². The molecule has 0 unspecified atom stereocenters. The molecule has 1 aliphatic heterocycles. The van der Waals surface area contributed by atoms with Gasteiger partial charge >= 0.3 is 0 Å². The predicted octanol–water partition coefficient (Wildman–Crippen LogP) is 4.96. The van der Waals surface area contributed by atoms with Crippen molar-refractivity contribution in [1.29, 1.82) is 0 Å². The quantitative estimate of drug-likeness (QED) is 0.530. The minimum atomic E-state index is 0.00356. The van der Waals surface area contributed by atoms with E-state index in [-0.39, 0.29) is 12.0 Å². The molecule has 1 fully saturated rings. The average Bonchev–Trinajstić information content (AvgIpc) is 3.17. The summed E-state index contributed by atoms with van der Waals surface area (Å²) < 4.78 is 11.0. The number of amides is 1. The monoisotopic (exact) mass is 451 g/mol. The molecule has 0 bridgehead atoms. The van der Waals surface area contributed by atoms with E-state index in [9.17, 15) is 4.79 Å². The number of nitrogens with zero attached hydrogens (tertiary/aromatic N) is 3. The van der Waals surface area contributed by atoms with Crippen LogP contribution in [0.2, 0.25) is 0 Å². The first kappa shape index (κ1) is 22.1. The van der Waals surface area contributed by atoms with Crippen molar-refractivity contribution in [1.82, 2.24) is 9.88 Å². The number of benzene rings is 2. The maximum absolute atomic E-state index is 13.1. The van der Waals surface area contributed by atoms with Gasteiger partial charge in [0.2, 0.25) is 0 Å². The van der Waals surface area contributed by atoms with E-state index in [4.69, 9.17) is 9.47 Å². The lowest BCUT2D eigenvalue weighted by Gasteiger charge is -2.23. The predicted molar refractivity (Wildman–Crippen MR) is 129 cm³/mol. The van der Waals surface area contributed by atoms with Gasteiger partial charge in [-0.25, -0.2) is 4.98 Å². The topological polar surface area (TPSA) is 54.9 Å². The fourth-order valence-electron chi connectivity index (χ4n) is 3.79. The molecule has 0 spiro atoms. The first-order valence-corrected chi connectivity index (χ1v) is 11.8. The first-order chi connectivity index (χ1) is 15.5. The van der Waals surface area contributed by atoms with Crippen molar-refractivity contribution in [2.24, 2.45) is 0 Å². The molecule has 6 nitrogen and oxygen atoms in total. The van der Waals surface area contributed by atoms with Crippen molar-refractivity contribution >= 4 is 22.9 Å².